The third-order valence-corrected chi connectivity index (χ3v) is 8.40. The number of anilines is 1. The third kappa shape index (κ3) is 5.69. The first-order valence-corrected chi connectivity index (χ1v) is 14.3. The number of nitrogens with one attached hydrogen (secondary N) is 2. The van der Waals surface area contributed by atoms with Gasteiger partial charge in [0.1, 0.15) is 0 Å². The molecule has 2 N–H and O–H groups in total. The first-order valence-electron chi connectivity index (χ1n) is 12.0. The third-order valence-electron chi connectivity index (χ3n) is 6.09. The van der Waals surface area contributed by atoms with Gasteiger partial charge in [-0.2, -0.15) is 0 Å². The number of carbonyl (C=O) groups is 1. The molecule has 0 saturated heterocycles. The zero-order chi connectivity index (χ0) is 26.5. The maximum Gasteiger partial charge on any atom is 0.308 e. The molecule has 9 heteroatoms. The Labute approximate surface area is 224 Å². The molecule has 4 aromatic carbocycles. The summed E-state index contributed by atoms with van der Waals surface area (Å²) in [5.74, 6) is -0.370. The molecular formula is C29H25N3O4S2. The van der Waals surface area contributed by atoms with E-state index in [0.717, 1.165) is 22.5 Å². The van der Waals surface area contributed by atoms with Gasteiger partial charge in [-0.3, -0.25) is 18.9 Å². The van der Waals surface area contributed by atoms with Gasteiger partial charge in [0.25, 0.3) is 15.9 Å². The Bertz CT molecular complexity index is 1750. The summed E-state index contributed by atoms with van der Waals surface area (Å²) in [7, 11) is -4.02. The molecule has 0 aliphatic rings. The van der Waals surface area contributed by atoms with Crippen LogP contribution in [0.4, 0.5) is 5.69 Å². The van der Waals surface area contributed by atoms with Crippen molar-refractivity contribution >= 4 is 43.2 Å². The minimum absolute atomic E-state index is 0.0115. The summed E-state index contributed by atoms with van der Waals surface area (Å²) in [6.07, 6.45) is 0.660. The molecule has 0 saturated carbocycles. The van der Waals surface area contributed by atoms with Crippen molar-refractivity contribution in [3.63, 3.8) is 0 Å². The number of hydrogen-bond donors (Lipinski definition) is 2. The molecule has 0 bridgehead atoms. The molecule has 38 heavy (non-hydrogen) atoms. The average molecular weight is 544 g/mol. The Morgan fingerprint density at radius 1 is 0.816 bits per heavy atom. The van der Waals surface area contributed by atoms with Gasteiger partial charge >= 0.3 is 4.87 Å². The molecule has 7 nitrogen and oxygen atoms in total. The quantitative estimate of drug-likeness (QED) is 0.277. The van der Waals surface area contributed by atoms with Gasteiger partial charge in [-0.25, -0.2) is 8.42 Å². The number of fused-ring (bicyclic) bond motifs is 1. The topological polar surface area (TPSA) is 97.3 Å². The second-order valence-electron chi connectivity index (χ2n) is 8.71. The highest BCUT2D eigenvalue weighted by Crippen LogP contribution is 2.25. The number of hydrogen-bond acceptors (Lipinski definition) is 5. The summed E-state index contributed by atoms with van der Waals surface area (Å²) in [5.41, 5.74) is 3.15. The highest BCUT2D eigenvalue weighted by Gasteiger charge is 2.20. The van der Waals surface area contributed by atoms with Gasteiger partial charge in [-0.15, -0.1) is 0 Å². The van der Waals surface area contributed by atoms with Gasteiger partial charge in [0.2, 0.25) is 0 Å². The lowest BCUT2D eigenvalue weighted by molar-refractivity contribution is 0.0955. The van der Waals surface area contributed by atoms with E-state index in [1.807, 2.05) is 60.7 Å². The summed E-state index contributed by atoms with van der Waals surface area (Å²) in [4.78, 5) is 25.4. The number of para-hydroxylation sites is 1. The second-order valence-corrected chi connectivity index (χ2v) is 11.4. The van der Waals surface area contributed by atoms with E-state index in [2.05, 4.69) is 10.0 Å². The van der Waals surface area contributed by atoms with Crippen molar-refractivity contribution in [3.8, 4) is 0 Å². The van der Waals surface area contributed by atoms with Crippen molar-refractivity contribution in [1.82, 2.24) is 9.88 Å². The molecule has 0 fully saturated rings. The molecular weight excluding hydrogens is 518 g/mol. The van der Waals surface area contributed by atoms with Crippen molar-refractivity contribution in [1.29, 1.82) is 0 Å². The molecule has 5 aromatic rings. The SMILES string of the molecule is O=C(NCCc1ccccc1)c1ccccc1NS(=O)(=O)c1ccc2c(c1)sc(=O)n2Cc1ccccc1. The van der Waals surface area contributed by atoms with E-state index >= 15 is 0 Å². The Balaban J connectivity index is 1.34. The lowest BCUT2D eigenvalue weighted by Crippen LogP contribution is -2.27. The number of benzene rings is 4. The fourth-order valence-electron chi connectivity index (χ4n) is 4.16. The van der Waals surface area contributed by atoms with Crippen LogP contribution >= 0.6 is 11.3 Å². The summed E-state index contributed by atoms with van der Waals surface area (Å²) in [6.45, 7) is 0.816. The van der Waals surface area contributed by atoms with Gasteiger partial charge < -0.3 is 5.32 Å². The molecule has 1 amide bonds. The molecule has 1 aromatic heterocycles. The predicted octanol–water partition coefficient (Wildman–Crippen LogP) is 4.88. The lowest BCUT2D eigenvalue weighted by atomic mass is 10.1. The normalized spacial score (nSPS) is 11.4. The lowest BCUT2D eigenvalue weighted by Gasteiger charge is -2.13. The maximum absolute atomic E-state index is 13.3. The highest BCUT2D eigenvalue weighted by atomic mass is 32.2. The molecule has 5 rings (SSSR count). The van der Waals surface area contributed by atoms with Crippen LogP contribution in [-0.4, -0.2) is 25.4 Å². The van der Waals surface area contributed by atoms with Crippen molar-refractivity contribution < 1.29 is 13.2 Å². The van der Waals surface area contributed by atoms with Crippen molar-refractivity contribution in [2.75, 3.05) is 11.3 Å². The number of sulfonamides is 1. The number of nitrogens with zero attached hydrogens (tertiary/aromatic N) is 1. The van der Waals surface area contributed by atoms with Crippen LogP contribution < -0.4 is 14.9 Å². The van der Waals surface area contributed by atoms with Crippen LogP contribution in [0.1, 0.15) is 21.5 Å². The largest absolute Gasteiger partial charge is 0.352 e. The molecule has 0 aliphatic heterocycles. The Morgan fingerprint density at radius 3 is 2.21 bits per heavy atom. The Morgan fingerprint density at radius 2 is 1.47 bits per heavy atom. The fourth-order valence-corrected chi connectivity index (χ4v) is 6.27. The van der Waals surface area contributed by atoms with E-state index < -0.39 is 10.0 Å². The van der Waals surface area contributed by atoms with Gasteiger partial charge in [-0.05, 0) is 47.9 Å². The molecule has 0 atom stereocenters. The summed E-state index contributed by atoms with van der Waals surface area (Å²) in [6, 6.07) is 30.5. The van der Waals surface area contributed by atoms with Crippen LogP contribution in [0, 0.1) is 0 Å². The van der Waals surface area contributed by atoms with Gasteiger partial charge in [0.15, 0.2) is 0 Å². The number of amides is 1. The van der Waals surface area contributed by atoms with E-state index in [9.17, 15) is 18.0 Å². The van der Waals surface area contributed by atoms with E-state index in [0.29, 0.717) is 29.7 Å². The average Bonchev–Trinajstić information content (AvgIpc) is 3.24. The minimum atomic E-state index is -4.02. The van der Waals surface area contributed by atoms with Crippen LogP contribution in [0.5, 0.6) is 0 Å². The van der Waals surface area contributed by atoms with Gasteiger partial charge in [0, 0.05) is 6.54 Å². The van der Waals surface area contributed by atoms with Crippen LogP contribution in [-0.2, 0) is 23.0 Å². The molecule has 0 unspecified atom stereocenters. The zero-order valence-corrected chi connectivity index (χ0v) is 22.0. The Hall–Kier alpha value is -4.21. The first kappa shape index (κ1) is 25.4. The number of thiazole rings is 1. The molecule has 0 spiro atoms. The van der Waals surface area contributed by atoms with Crippen LogP contribution in [0.15, 0.2) is 113 Å². The van der Waals surface area contributed by atoms with Crippen LogP contribution in [0.25, 0.3) is 10.2 Å². The summed E-state index contributed by atoms with van der Waals surface area (Å²) < 4.78 is 31.3. The van der Waals surface area contributed by atoms with Crippen LogP contribution in [0.2, 0.25) is 0 Å². The smallest absolute Gasteiger partial charge is 0.308 e. The van der Waals surface area contributed by atoms with E-state index in [1.165, 1.54) is 12.1 Å². The fraction of sp³-hybridized carbons (Fsp3) is 0.103. The van der Waals surface area contributed by atoms with E-state index in [4.69, 9.17) is 0 Å². The molecule has 1 heterocycles. The van der Waals surface area contributed by atoms with Crippen LogP contribution in [0.3, 0.4) is 0 Å². The Kier molecular flexibility index (Phi) is 7.39. The highest BCUT2D eigenvalue weighted by molar-refractivity contribution is 7.92. The summed E-state index contributed by atoms with van der Waals surface area (Å²) >= 11 is 1.00. The minimum Gasteiger partial charge on any atom is -0.352 e. The van der Waals surface area contributed by atoms with Crippen molar-refractivity contribution in [2.45, 2.75) is 17.9 Å². The first-order chi connectivity index (χ1) is 18.4. The number of aromatic nitrogens is 1. The monoisotopic (exact) mass is 543 g/mol. The van der Waals surface area contributed by atoms with Crippen molar-refractivity contribution in [3.05, 3.63) is 129 Å². The number of carbonyl (C=O) groups excluding carboxylic acids is 1. The van der Waals surface area contributed by atoms with E-state index in [1.54, 1.807) is 34.9 Å². The van der Waals surface area contributed by atoms with E-state index in [-0.39, 0.29) is 26.9 Å². The predicted molar refractivity (Wildman–Crippen MR) is 151 cm³/mol. The standard InChI is InChI=1S/C29H25N3O4S2/c33-28(30-18-17-21-9-3-1-4-10-21)24-13-7-8-14-25(24)31-38(35,36)23-15-16-26-27(19-23)37-29(34)32(26)20-22-11-5-2-6-12-22/h1-16,19,31H,17-18,20H2,(H,30,33). The second kappa shape index (κ2) is 11.0. The van der Waals surface area contributed by atoms with Gasteiger partial charge in [-0.1, -0.05) is 84.1 Å². The van der Waals surface area contributed by atoms with Crippen molar-refractivity contribution in [2.24, 2.45) is 0 Å². The molecule has 192 valence electrons. The number of rotatable bonds is 9. The molecule has 0 aliphatic carbocycles. The molecule has 0 radical (unpaired) electrons. The maximum atomic E-state index is 13.3. The zero-order valence-electron chi connectivity index (χ0n) is 20.3. The van der Waals surface area contributed by atoms with Gasteiger partial charge in [0.05, 0.1) is 32.9 Å². The summed E-state index contributed by atoms with van der Waals surface area (Å²) in [5, 5.41) is 2.86.